The molecule has 0 amide bonds. The fraction of sp³-hybridized carbons (Fsp3) is 0.467. The van der Waals surface area contributed by atoms with E-state index in [0.29, 0.717) is 19.2 Å². The molecule has 0 fully saturated rings. The highest BCUT2D eigenvalue weighted by molar-refractivity contribution is 9.11. The molecule has 21 heavy (non-hydrogen) atoms. The van der Waals surface area contributed by atoms with Gasteiger partial charge in [0, 0.05) is 24.1 Å². The monoisotopic (exact) mass is 419 g/mol. The van der Waals surface area contributed by atoms with Crippen LogP contribution in [-0.4, -0.2) is 20.3 Å². The van der Waals surface area contributed by atoms with Gasteiger partial charge in [0.15, 0.2) is 0 Å². The first kappa shape index (κ1) is 16.8. The zero-order valence-corrected chi connectivity index (χ0v) is 15.7. The van der Waals surface area contributed by atoms with Crippen LogP contribution in [0.4, 0.5) is 0 Å². The van der Waals surface area contributed by atoms with E-state index in [4.69, 9.17) is 13.9 Å². The molecule has 0 saturated heterocycles. The highest BCUT2D eigenvalue weighted by Gasteiger charge is 2.21. The van der Waals surface area contributed by atoms with Crippen molar-refractivity contribution >= 4 is 42.8 Å². The number of hydrogen-bond acceptors (Lipinski definition) is 4. The Morgan fingerprint density at radius 2 is 2.00 bits per heavy atom. The number of rotatable bonds is 6. The molecular formula is C15H19Br2NO3. The number of fused-ring (bicyclic) bond motifs is 1. The molecule has 0 unspecified atom stereocenters. The van der Waals surface area contributed by atoms with Crippen LogP contribution in [0.3, 0.4) is 0 Å². The number of ether oxygens (including phenoxy) is 2. The zero-order valence-electron chi connectivity index (χ0n) is 12.5. The van der Waals surface area contributed by atoms with Crippen LogP contribution >= 0.6 is 31.9 Å². The molecule has 0 radical (unpaired) electrons. The third-order valence-corrected chi connectivity index (χ3v) is 4.56. The maximum absolute atomic E-state index is 6.04. The molecule has 116 valence electrons. The van der Waals surface area contributed by atoms with E-state index in [1.54, 1.807) is 14.2 Å². The molecule has 0 spiro atoms. The number of hydrogen-bond donors (Lipinski definition) is 1. The molecule has 6 heteroatoms. The van der Waals surface area contributed by atoms with Crippen LogP contribution in [-0.2, 0) is 17.9 Å². The molecule has 1 heterocycles. The highest BCUT2D eigenvalue weighted by Crippen LogP contribution is 2.42. The summed E-state index contributed by atoms with van der Waals surface area (Å²) in [6, 6.07) is 2.28. The molecule has 0 aliphatic carbocycles. The molecule has 0 saturated carbocycles. The van der Waals surface area contributed by atoms with Gasteiger partial charge in [-0.25, -0.2) is 0 Å². The maximum Gasteiger partial charge on any atom is 0.150 e. The minimum Gasteiger partial charge on any atom is -0.496 e. The summed E-state index contributed by atoms with van der Waals surface area (Å²) in [6.45, 7) is 5.35. The first-order valence-corrected chi connectivity index (χ1v) is 8.26. The van der Waals surface area contributed by atoms with E-state index in [9.17, 15) is 0 Å². The molecule has 1 aromatic carbocycles. The predicted molar refractivity (Wildman–Crippen MR) is 90.9 cm³/mol. The Balaban J connectivity index is 2.62. The van der Waals surface area contributed by atoms with Crippen molar-refractivity contribution < 1.29 is 13.9 Å². The Kier molecular flexibility index (Phi) is 5.71. The fourth-order valence-electron chi connectivity index (χ4n) is 2.16. The van der Waals surface area contributed by atoms with Crippen molar-refractivity contribution in [3.05, 3.63) is 26.3 Å². The lowest BCUT2D eigenvalue weighted by Gasteiger charge is -2.08. The second-order valence-electron chi connectivity index (χ2n) is 5.05. The SMILES string of the molecule is COCc1c(CNC(C)C)oc2c(Br)cc(OC)c(Br)c12. The lowest BCUT2D eigenvalue weighted by Crippen LogP contribution is -2.22. The van der Waals surface area contributed by atoms with Crippen LogP contribution in [0, 0.1) is 0 Å². The van der Waals surface area contributed by atoms with Gasteiger partial charge in [-0.05, 0) is 37.9 Å². The van der Waals surface area contributed by atoms with Gasteiger partial charge in [-0.15, -0.1) is 0 Å². The molecular weight excluding hydrogens is 402 g/mol. The molecule has 0 aliphatic rings. The lowest BCUT2D eigenvalue weighted by molar-refractivity contribution is 0.183. The van der Waals surface area contributed by atoms with Crippen LogP contribution in [0.25, 0.3) is 11.0 Å². The maximum atomic E-state index is 6.04. The van der Waals surface area contributed by atoms with Gasteiger partial charge in [0.1, 0.15) is 17.1 Å². The van der Waals surface area contributed by atoms with E-state index in [1.165, 1.54) is 0 Å². The number of halogens is 2. The lowest BCUT2D eigenvalue weighted by atomic mass is 10.1. The van der Waals surface area contributed by atoms with Crippen molar-refractivity contribution in [2.24, 2.45) is 0 Å². The van der Waals surface area contributed by atoms with Gasteiger partial charge in [-0.2, -0.15) is 0 Å². The van der Waals surface area contributed by atoms with Crippen molar-refractivity contribution in [2.45, 2.75) is 33.0 Å². The Bertz CT molecular complexity index is 638. The third-order valence-electron chi connectivity index (χ3n) is 3.18. The van der Waals surface area contributed by atoms with Crippen LogP contribution in [0.5, 0.6) is 5.75 Å². The topological polar surface area (TPSA) is 43.6 Å². The van der Waals surface area contributed by atoms with Crippen molar-refractivity contribution in [2.75, 3.05) is 14.2 Å². The van der Waals surface area contributed by atoms with E-state index >= 15 is 0 Å². The van der Waals surface area contributed by atoms with Gasteiger partial charge < -0.3 is 19.2 Å². The van der Waals surface area contributed by atoms with E-state index in [-0.39, 0.29) is 0 Å². The Morgan fingerprint density at radius 3 is 2.57 bits per heavy atom. The molecule has 1 N–H and O–H groups in total. The average Bonchev–Trinajstić information content (AvgIpc) is 2.80. The summed E-state index contributed by atoms with van der Waals surface area (Å²) in [5, 5.41) is 4.37. The zero-order chi connectivity index (χ0) is 15.6. The number of methoxy groups -OCH3 is 2. The molecule has 0 bridgehead atoms. The van der Waals surface area contributed by atoms with Crippen LogP contribution in [0.15, 0.2) is 19.4 Å². The molecule has 0 atom stereocenters. The first-order chi connectivity index (χ1) is 9.99. The summed E-state index contributed by atoms with van der Waals surface area (Å²) >= 11 is 7.15. The quantitative estimate of drug-likeness (QED) is 0.740. The average molecular weight is 421 g/mol. The van der Waals surface area contributed by atoms with Crippen LogP contribution < -0.4 is 10.1 Å². The van der Waals surface area contributed by atoms with Crippen LogP contribution in [0.1, 0.15) is 25.2 Å². The second-order valence-corrected chi connectivity index (χ2v) is 6.70. The van der Waals surface area contributed by atoms with Gasteiger partial charge in [-0.1, -0.05) is 13.8 Å². The minimum absolute atomic E-state index is 0.384. The van der Waals surface area contributed by atoms with E-state index in [2.05, 4.69) is 51.0 Å². The van der Waals surface area contributed by atoms with Gasteiger partial charge >= 0.3 is 0 Å². The fourth-order valence-corrected chi connectivity index (χ4v) is 3.35. The van der Waals surface area contributed by atoms with Crippen LogP contribution in [0.2, 0.25) is 0 Å². The Hall–Kier alpha value is -0.560. The van der Waals surface area contributed by atoms with E-state index < -0.39 is 0 Å². The summed E-state index contributed by atoms with van der Waals surface area (Å²) < 4.78 is 18.5. The summed E-state index contributed by atoms with van der Waals surface area (Å²) in [5.41, 5.74) is 1.84. The first-order valence-electron chi connectivity index (χ1n) is 6.68. The van der Waals surface area contributed by atoms with Crippen molar-refractivity contribution in [3.8, 4) is 5.75 Å². The number of benzene rings is 1. The molecule has 4 nitrogen and oxygen atoms in total. The number of nitrogens with one attached hydrogen (secondary N) is 1. The smallest absolute Gasteiger partial charge is 0.150 e. The minimum atomic E-state index is 0.384. The van der Waals surface area contributed by atoms with Crippen molar-refractivity contribution in [1.29, 1.82) is 0 Å². The largest absolute Gasteiger partial charge is 0.496 e. The van der Waals surface area contributed by atoms with Crippen molar-refractivity contribution in [3.63, 3.8) is 0 Å². The highest BCUT2D eigenvalue weighted by atomic mass is 79.9. The standard InChI is InChI=1S/C15H19Br2NO3/c1-8(2)18-6-12-9(7-19-3)13-14(17)11(20-4)5-10(16)15(13)21-12/h5,8,18H,6-7H2,1-4H3. The Labute approximate surface area is 141 Å². The van der Waals surface area contributed by atoms with E-state index in [1.807, 2.05) is 6.07 Å². The summed E-state index contributed by atoms with van der Waals surface area (Å²) in [4.78, 5) is 0. The molecule has 0 aliphatic heterocycles. The van der Waals surface area contributed by atoms with E-state index in [0.717, 1.165) is 37.0 Å². The van der Waals surface area contributed by atoms with Gasteiger partial charge in [-0.3, -0.25) is 0 Å². The van der Waals surface area contributed by atoms with Crippen molar-refractivity contribution in [1.82, 2.24) is 5.32 Å². The normalized spacial score (nSPS) is 11.6. The molecule has 2 rings (SSSR count). The Morgan fingerprint density at radius 1 is 1.29 bits per heavy atom. The second kappa shape index (κ2) is 7.13. The summed E-state index contributed by atoms with van der Waals surface area (Å²) in [5.74, 6) is 1.64. The molecule has 2 aromatic rings. The van der Waals surface area contributed by atoms with Gasteiger partial charge in [0.05, 0.1) is 29.2 Å². The third kappa shape index (κ3) is 3.44. The summed E-state index contributed by atoms with van der Waals surface area (Å²) in [7, 11) is 3.33. The van der Waals surface area contributed by atoms with Gasteiger partial charge in [0.2, 0.25) is 0 Å². The van der Waals surface area contributed by atoms with Gasteiger partial charge in [0.25, 0.3) is 0 Å². The number of furan rings is 1. The summed E-state index contributed by atoms with van der Waals surface area (Å²) in [6.07, 6.45) is 0. The predicted octanol–water partition coefficient (Wildman–Crippen LogP) is 4.61. The molecule has 1 aromatic heterocycles.